The standard InChI is InChI=1S/C27H35N3O5/c1-17(2)13-14-23(26(32)33)28-25(31)24(15-30(3)4)29-27(34)35-16-22-20-11-7-5-9-18(20)19-10-6-8-12-21(19)22/h5-12,17,22-24H,13-16H2,1-4H3,(H,28,31)(H,29,34)(H,32,33). The van der Waals surface area contributed by atoms with E-state index in [0.29, 0.717) is 18.8 Å². The van der Waals surface area contributed by atoms with Crippen molar-refractivity contribution in [2.75, 3.05) is 27.2 Å². The fourth-order valence-corrected chi connectivity index (χ4v) is 4.37. The van der Waals surface area contributed by atoms with Gasteiger partial charge in [0.2, 0.25) is 5.91 Å². The Balaban J connectivity index is 1.65. The summed E-state index contributed by atoms with van der Waals surface area (Å²) in [4.78, 5) is 39.0. The van der Waals surface area contributed by atoms with Crippen LogP contribution in [0.3, 0.4) is 0 Å². The second-order valence-corrected chi connectivity index (χ2v) is 9.66. The predicted molar refractivity (Wildman–Crippen MR) is 134 cm³/mol. The van der Waals surface area contributed by atoms with Crippen LogP contribution in [0.2, 0.25) is 0 Å². The summed E-state index contributed by atoms with van der Waals surface area (Å²) in [5.41, 5.74) is 4.45. The van der Waals surface area contributed by atoms with Crippen LogP contribution in [0, 0.1) is 5.92 Å². The maximum Gasteiger partial charge on any atom is 0.407 e. The number of carbonyl (C=O) groups excluding carboxylic acids is 2. The third-order valence-corrected chi connectivity index (χ3v) is 6.15. The lowest BCUT2D eigenvalue weighted by Crippen LogP contribution is -2.55. The molecule has 8 heteroatoms. The summed E-state index contributed by atoms with van der Waals surface area (Å²) in [7, 11) is 3.54. The minimum atomic E-state index is -1.09. The molecule has 1 aliphatic rings. The normalized spacial score (nSPS) is 14.2. The quantitative estimate of drug-likeness (QED) is 0.454. The smallest absolute Gasteiger partial charge is 0.407 e. The number of benzene rings is 2. The molecule has 0 aromatic heterocycles. The largest absolute Gasteiger partial charge is 0.480 e. The Morgan fingerprint density at radius 2 is 1.49 bits per heavy atom. The molecule has 3 N–H and O–H groups in total. The second kappa shape index (κ2) is 11.8. The van der Waals surface area contributed by atoms with Crippen LogP contribution in [0.15, 0.2) is 48.5 Å². The van der Waals surface area contributed by atoms with Crippen LogP contribution in [0.5, 0.6) is 0 Å². The molecule has 2 atom stereocenters. The summed E-state index contributed by atoms with van der Waals surface area (Å²) in [5, 5.41) is 14.7. The second-order valence-electron chi connectivity index (χ2n) is 9.66. The number of nitrogens with zero attached hydrogens (tertiary/aromatic N) is 1. The molecule has 0 bridgehead atoms. The summed E-state index contributed by atoms with van der Waals surface area (Å²) >= 11 is 0. The van der Waals surface area contributed by atoms with Crippen LogP contribution >= 0.6 is 0 Å². The van der Waals surface area contributed by atoms with Gasteiger partial charge in [0.1, 0.15) is 18.7 Å². The Hall–Kier alpha value is -3.39. The van der Waals surface area contributed by atoms with Crippen LogP contribution in [0.1, 0.15) is 43.7 Å². The van der Waals surface area contributed by atoms with Crippen molar-refractivity contribution in [3.8, 4) is 11.1 Å². The number of aliphatic carboxylic acids is 1. The van der Waals surface area contributed by atoms with Gasteiger partial charge in [0.15, 0.2) is 0 Å². The highest BCUT2D eigenvalue weighted by Gasteiger charge is 2.31. The first kappa shape index (κ1) is 26.2. The minimum Gasteiger partial charge on any atom is -0.480 e. The lowest BCUT2D eigenvalue weighted by molar-refractivity contribution is -0.142. The van der Waals surface area contributed by atoms with Crippen LogP contribution in [-0.2, 0) is 14.3 Å². The average molecular weight is 482 g/mol. The van der Waals surface area contributed by atoms with Crippen molar-refractivity contribution in [1.29, 1.82) is 0 Å². The topological polar surface area (TPSA) is 108 Å². The summed E-state index contributed by atoms with van der Waals surface area (Å²) in [6, 6.07) is 14.1. The zero-order valence-corrected chi connectivity index (χ0v) is 20.8. The minimum absolute atomic E-state index is 0.0956. The fourth-order valence-electron chi connectivity index (χ4n) is 4.37. The number of fused-ring (bicyclic) bond motifs is 3. The summed E-state index contributed by atoms with van der Waals surface area (Å²) < 4.78 is 5.57. The molecule has 3 rings (SSSR count). The first-order valence-electron chi connectivity index (χ1n) is 12.0. The molecule has 0 aliphatic heterocycles. The van der Waals surface area contributed by atoms with Crippen molar-refractivity contribution >= 4 is 18.0 Å². The number of nitrogens with one attached hydrogen (secondary N) is 2. The zero-order valence-electron chi connectivity index (χ0n) is 20.8. The lowest BCUT2D eigenvalue weighted by Gasteiger charge is -2.24. The number of ether oxygens (including phenoxy) is 1. The molecule has 0 fully saturated rings. The molecule has 2 amide bonds. The molecule has 2 unspecified atom stereocenters. The van der Waals surface area contributed by atoms with E-state index in [2.05, 4.69) is 22.8 Å². The van der Waals surface area contributed by atoms with Gasteiger partial charge >= 0.3 is 12.1 Å². The van der Waals surface area contributed by atoms with Crippen LogP contribution in [0.4, 0.5) is 4.79 Å². The van der Waals surface area contributed by atoms with E-state index in [9.17, 15) is 19.5 Å². The van der Waals surface area contributed by atoms with Crippen molar-refractivity contribution in [2.45, 2.75) is 44.7 Å². The summed E-state index contributed by atoms with van der Waals surface area (Å²) in [5.74, 6) is -1.43. The average Bonchev–Trinajstić information content (AvgIpc) is 3.13. The number of carboxylic acids is 1. The molecule has 0 saturated heterocycles. The van der Waals surface area contributed by atoms with Crippen LogP contribution in [-0.4, -0.2) is 67.3 Å². The van der Waals surface area contributed by atoms with Crippen molar-refractivity contribution in [3.63, 3.8) is 0 Å². The number of carboxylic acid groups (broad SMARTS) is 1. The van der Waals surface area contributed by atoms with Gasteiger partial charge in [-0.2, -0.15) is 0 Å². The number of hydrogen-bond acceptors (Lipinski definition) is 5. The number of carbonyl (C=O) groups is 3. The van der Waals surface area contributed by atoms with Crippen molar-refractivity contribution in [1.82, 2.24) is 15.5 Å². The molecule has 8 nitrogen and oxygen atoms in total. The van der Waals surface area contributed by atoms with E-state index in [4.69, 9.17) is 4.74 Å². The van der Waals surface area contributed by atoms with E-state index >= 15 is 0 Å². The van der Waals surface area contributed by atoms with E-state index < -0.39 is 30.1 Å². The molecule has 2 aromatic rings. The Morgan fingerprint density at radius 3 is 2.00 bits per heavy atom. The maximum absolute atomic E-state index is 12.9. The van der Waals surface area contributed by atoms with E-state index in [1.54, 1.807) is 19.0 Å². The number of hydrogen-bond donors (Lipinski definition) is 3. The van der Waals surface area contributed by atoms with Crippen molar-refractivity contribution in [3.05, 3.63) is 59.7 Å². The third-order valence-electron chi connectivity index (χ3n) is 6.15. The molecular weight excluding hydrogens is 446 g/mol. The van der Waals surface area contributed by atoms with Gasteiger partial charge in [-0.05, 0) is 55.1 Å². The highest BCUT2D eigenvalue weighted by atomic mass is 16.5. The zero-order chi connectivity index (χ0) is 25.5. The molecule has 0 heterocycles. The number of alkyl carbamates (subject to hydrolysis) is 1. The van der Waals surface area contributed by atoms with E-state index in [-0.39, 0.29) is 19.1 Å². The van der Waals surface area contributed by atoms with Gasteiger partial charge in [0.05, 0.1) is 0 Å². The van der Waals surface area contributed by atoms with Crippen LogP contribution in [0.25, 0.3) is 11.1 Å². The maximum atomic E-state index is 12.9. The summed E-state index contributed by atoms with van der Waals surface area (Å²) in [6.07, 6.45) is 0.260. The fraction of sp³-hybridized carbons (Fsp3) is 0.444. The van der Waals surface area contributed by atoms with Gasteiger partial charge in [-0.15, -0.1) is 0 Å². The molecule has 35 heavy (non-hydrogen) atoms. The van der Waals surface area contributed by atoms with Gasteiger partial charge in [-0.1, -0.05) is 62.4 Å². The van der Waals surface area contributed by atoms with Crippen molar-refractivity contribution in [2.24, 2.45) is 5.92 Å². The number of amides is 2. The Labute approximate surface area is 206 Å². The molecule has 188 valence electrons. The van der Waals surface area contributed by atoms with Gasteiger partial charge in [-0.25, -0.2) is 9.59 Å². The molecule has 0 spiro atoms. The first-order valence-corrected chi connectivity index (χ1v) is 12.0. The monoisotopic (exact) mass is 481 g/mol. The Bertz CT molecular complexity index is 1010. The predicted octanol–water partition coefficient (Wildman–Crippen LogP) is 3.46. The molecule has 1 aliphatic carbocycles. The van der Waals surface area contributed by atoms with E-state index in [1.807, 2.05) is 50.2 Å². The highest BCUT2D eigenvalue weighted by molar-refractivity contribution is 5.89. The summed E-state index contributed by atoms with van der Waals surface area (Å²) in [6.45, 7) is 4.32. The molecule has 0 saturated carbocycles. The third kappa shape index (κ3) is 6.82. The van der Waals surface area contributed by atoms with Gasteiger partial charge in [0, 0.05) is 12.5 Å². The van der Waals surface area contributed by atoms with Gasteiger partial charge in [-0.3, -0.25) is 4.79 Å². The highest BCUT2D eigenvalue weighted by Crippen LogP contribution is 2.44. The van der Waals surface area contributed by atoms with Crippen LogP contribution < -0.4 is 10.6 Å². The van der Waals surface area contributed by atoms with Gasteiger partial charge in [0.25, 0.3) is 0 Å². The Kier molecular flexibility index (Phi) is 8.87. The first-order chi connectivity index (χ1) is 16.7. The Morgan fingerprint density at radius 1 is 0.914 bits per heavy atom. The number of rotatable bonds is 11. The van der Waals surface area contributed by atoms with Gasteiger partial charge < -0.3 is 25.4 Å². The molecule has 2 aromatic carbocycles. The SMILES string of the molecule is CC(C)CCC(NC(=O)C(CN(C)C)NC(=O)OCC1c2ccccc2-c2ccccc21)C(=O)O. The van der Waals surface area contributed by atoms with E-state index in [0.717, 1.165) is 22.3 Å². The molecule has 0 radical (unpaired) electrons. The van der Waals surface area contributed by atoms with Crippen molar-refractivity contribution < 1.29 is 24.2 Å². The molecular formula is C27H35N3O5. The lowest BCUT2D eigenvalue weighted by atomic mass is 9.98. The number of likely N-dealkylation sites (N-methyl/N-ethyl adjacent to an activating group) is 1. The van der Waals surface area contributed by atoms with E-state index in [1.165, 1.54) is 0 Å².